The Balaban J connectivity index is 3.94. The lowest BCUT2D eigenvalue weighted by molar-refractivity contribution is -0.161. The number of unbranched alkanes of at least 4 members (excludes halogenated alkanes) is 23. The third-order valence-corrected chi connectivity index (χ3v) is 9.62. The molecule has 0 rings (SSSR count). The van der Waals surface area contributed by atoms with Crippen LogP contribution < -0.4 is 0 Å². The fourth-order valence-electron chi connectivity index (χ4n) is 5.93. The van der Waals surface area contributed by atoms with E-state index in [2.05, 4.69) is 54.8 Å². The fraction of sp³-hybridized carbons (Fsp3) is 0.814. The van der Waals surface area contributed by atoms with Gasteiger partial charge in [-0.15, -0.1) is 0 Å². The number of phosphoric acid groups is 1. The van der Waals surface area contributed by atoms with Crippen LogP contribution in [0.4, 0.5) is 0 Å². The summed E-state index contributed by atoms with van der Waals surface area (Å²) in [6.45, 7) is 3.65. The predicted octanol–water partition coefficient (Wildman–Crippen LogP) is 13.0. The molecule has 0 bridgehead atoms. The van der Waals surface area contributed by atoms with Crippen LogP contribution in [0.15, 0.2) is 36.5 Å². The highest BCUT2D eigenvalue weighted by Gasteiger charge is 2.22. The van der Waals surface area contributed by atoms with Crippen LogP contribution in [0.3, 0.4) is 0 Å². The summed E-state index contributed by atoms with van der Waals surface area (Å²) in [7, 11) is -4.76. The second kappa shape index (κ2) is 39.0. The second-order valence-corrected chi connectivity index (χ2v) is 15.5. The quantitative estimate of drug-likeness (QED) is 0.0275. The molecular formula is C43H79O8P. The van der Waals surface area contributed by atoms with E-state index in [4.69, 9.17) is 19.3 Å². The van der Waals surface area contributed by atoms with Gasteiger partial charge in [-0.05, 0) is 70.6 Å². The van der Waals surface area contributed by atoms with E-state index in [1.165, 1.54) is 122 Å². The molecule has 0 saturated carbocycles. The molecule has 0 amide bonds. The van der Waals surface area contributed by atoms with Crippen molar-refractivity contribution >= 4 is 19.8 Å². The maximum Gasteiger partial charge on any atom is 0.469 e. The summed E-state index contributed by atoms with van der Waals surface area (Å²) in [6, 6.07) is 0. The molecule has 0 heterocycles. The van der Waals surface area contributed by atoms with Crippen LogP contribution in [0, 0.1) is 0 Å². The van der Waals surface area contributed by atoms with E-state index in [1.807, 2.05) is 0 Å². The van der Waals surface area contributed by atoms with Gasteiger partial charge >= 0.3 is 19.8 Å². The van der Waals surface area contributed by atoms with Gasteiger partial charge in [0, 0.05) is 12.8 Å². The van der Waals surface area contributed by atoms with E-state index >= 15 is 0 Å². The largest absolute Gasteiger partial charge is 0.469 e. The molecule has 0 aliphatic carbocycles. The maximum atomic E-state index is 12.4. The van der Waals surface area contributed by atoms with Crippen LogP contribution in [-0.4, -0.2) is 41.0 Å². The molecule has 52 heavy (non-hydrogen) atoms. The van der Waals surface area contributed by atoms with Crippen molar-refractivity contribution in [3.8, 4) is 0 Å². The molecule has 2 N–H and O–H groups in total. The minimum Gasteiger partial charge on any atom is -0.462 e. The van der Waals surface area contributed by atoms with E-state index in [9.17, 15) is 14.2 Å². The van der Waals surface area contributed by atoms with Gasteiger partial charge in [0.05, 0.1) is 6.61 Å². The molecule has 0 spiro atoms. The van der Waals surface area contributed by atoms with E-state index in [0.29, 0.717) is 12.8 Å². The van der Waals surface area contributed by atoms with Gasteiger partial charge in [-0.25, -0.2) is 4.57 Å². The van der Waals surface area contributed by atoms with Gasteiger partial charge in [-0.3, -0.25) is 14.1 Å². The Morgan fingerprint density at radius 1 is 0.500 bits per heavy atom. The summed E-state index contributed by atoms with van der Waals surface area (Å²) in [5.41, 5.74) is 0. The van der Waals surface area contributed by atoms with Gasteiger partial charge in [0.1, 0.15) is 6.61 Å². The zero-order valence-electron chi connectivity index (χ0n) is 33.5. The molecule has 1 atom stereocenters. The number of ether oxygens (including phenoxy) is 2. The van der Waals surface area contributed by atoms with Crippen molar-refractivity contribution in [2.45, 2.75) is 213 Å². The van der Waals surface area contributed by atoms with Gasteiger partial charge < -0.3 is 19.3 Å². The minimum absolute atomic E-state index is 0.204. The normalized spacial score (nSPS) is 12.8. The Morgan fingerprint density at radius 3 is 1.33 bits per heavy atom. The Labute approximate surface area is 319 Å². The summed E-state index contributed by atoms with van der Waals surface area (Å²) in [6.07, 6.45) is 45.8. The number of rotatable bonds is 39. The molecule has 0 aliphatic heterocycles. The third kappa shape index (κ3) is 41.0. The Morgan fingerprint density at radius 2 is 0.865 bits per heavy atom. The Hall–Kier alpha value is -1.73. The molecule has 0 aliphatic rings. The highest BCUT2D eigenvalue weighted by atomic mass is 31.2. The summed E-state index contributed by atoms with van der Waals surface area (Å²) < 4.78 is 26.4. The minimum atomic E-state index is -4.76. The monoisotopic (exact) mass is 755 g/mol. The van der Waals surface area contributed by atoms with Crippen molar-refractivity contribution in [1.29, 1.82) is 0 Å². The van der Waals surface area contributed by atoms with Crippen LogP contribution >= 0.6 is 7.82 Å². The first-order valence-corrected chi connectivity index (χ1v) is 22.8. The zero-order valence-corrected chi connectivity index (χ0v) is 34.4. The summed E-state index contributed by atoms with van der Waals surface area (Å²) in [5.74, 6) is -0.921. The van der Waals surface area contributed by atoms with E-state index in [1.54, 1.807) is 0 Å². The molecule has 0 radical (unpaired) electrons. The summed E-state index contributed by atoms with van der Waals surface area (Å²) in [4.78, 5) is 42.8. The number of hydrogen-bond acceptors (Lipinski definition) is 6. The average molecular weight is 755 g/mol. The predicted molar refractivity (Wildman–Crippen MR) is 216 cm³/mol. The van der Waals surface area contributed by atoms with Gasteiger partial charge in [0.25, 0.3) is 0 Å². The Bertz CT molecular complexity index is 941. The lowest BCUT2D eigenvalue weighted by Gasteiger charge is -2.18. The van der Waals surface area contributed by atoms with Crippen molar-refractivity contribution in [3.05, 3.63) is 36.5 Å². The number of phosphoric ester groups is 1. The molecule has 8 nitrogen and oxygen atoms in total. The summed E-state index contributed by atoms with van der Waals surface area (Å²) in [5, 5.41) is 0. The molecule has 0 aromatic heterocycles. The van der Waals surface area contributed by atoms with Gasteiger partial charge in [0.2, 0.25) is 0 Å². The van der Waals surface area contributed by atoms with Crippen molar-refractivity contribution in [2.24, 2.45) is 0 Å². The molecule has 0 fully saturated rings. The lowest BCUT2D eigenvalue weighted by atomic mass is 10.1. The Kier molecular flexibility index (Phi) is 37.7. The van der Waals surface area contributed by atoms with Crippen molar-refractivity contribution < 1.29 is 37.9 Å². The first kappa shape index (κ1) is 50.3. The summed E-state index contributed by atoms with van der Waals surface area (Å²) >= 11 is 0. The molecule has 0 saturated heterocycles. The van der Waals surface area contributed by atoms with Crippen LogP contribution in [0.2, 0.25) is 0 Å². The molecule has 0 aromatic carbocycles. The average Bonchev–Trinajstić information content (AvgIpc) is 3.11. The third-order valence-electron chi connectivity index (χ3n) is 9.13. The van der Waals surface area contributed by atoms with Crippen molar-refractivity contribution in [3.63, 3.8) is 0 Å². The van der Waals surface area contributed by atoms with Gasteiger partial charge in [-0.1, -0.05) is 159 Å². The van der Waals surface area contributed by atoms with Crippen LogP contribution in [0.25, 0.3) is 0 Å². The number of hydrogen-bond donors (Lipinski definition) is 2. The molecule has 0 unspecified atom stereocenters. The molecule has 9 heteroatoms. The highest BCUT2D eigenvalue weighted by Crippen LogP contribution is 2.36. The van der Waals surface area contributed by atoms with Crippen LogP contribution in [0.1, 0.15) is 206 Å². The smallest absolute Gasteiger partial charge is 0.462 e. The van der Waals surface area contributed by atoms with E-state index in [0.717, 1.165) is 44.9 Å². The van der Waals surface area contributed by atoms with Crippen molar-refractivity contribution in [1.82, 2.24) is 0 Å². The number of carbonyl (C=O) groups excluding carboxylic acids is 2. The zero-order chi connectivity index (χ0) is 38.2. The topological polar surface area (TPSA) is 119 Å². The van der Waals surface area contributed by atoms with Crippen LogP contribution in [-0.2, 0) is 28.2 Å². The molecule has 304 valence electrons. The first-order valence-electron chi connectivity index (χ1n) is 21.3. The highest BCUT2D eigenvalue weighted by molar-refractivity contribution is 7.46. The second-order valence-electron chi connectivity index (χ2n) is 14.3. The standard InChI is InChI=1S/C43H79O8P/c1-3-5-7-9-11-13-15-17-19-20-21-22-24-26-28-30-32-34-36-38-43(45)51-41(40-50-52(46,47)48)39-49-42(44)37-35-33-31-29-27-25-23-18-16-14-12-10-8-6-4-2/h17-19,23,27,29,41H,3-16,20-22,24-26,28,30-40H2,1-2H3,(H2,46,47,48)/b19-17+,23-18+,29-27+/t41-/m1/s1. The van der Waals surface area contributed by atoms with Gasteiger partial charge in [0.15, 0.2) is 6.10 Å². The molecular weight excluding hydrogens is 675 g/mol. The number of esters is 2. The SMILES string of the molecule is CCCCCCCC/C=C/C/C=C/CCCCC(=O)OC[C@H](COP(=O)(O)O)OC(=O)CCCCCCCCCCC/C=C/CCCCCCCC. The number of carbonyl (C=O) groups is 2. The fourth-order valence-corrected chi connectivity index (χ4v) is 6.29. The molecule has 0 aromatic rings. The van der Waals surface area contributed by atoms with Gasteiger partial charge in [-0.2, -0.15) is 0 Å². The van der Waals surface area contributed by atoms with E-state index in [-0.39, 0.29) is 19.4 Å². The first-order chi connectivity index (χ1) is 25.3. The van der Waals surface area contributed by atoms with Crippen molar-refractivity contribution in [2.75, 3.05) is 13.2 Å². The lowest BCUT2D eigenvalue weighted by Crippen LogP contribution is -2.29. The number of allylic oxidation sites excluding steroid dienone is 6. The van der Waals surface area contributed by atoms with Crippen LogP contribution in [0.5, 0.6) is 0 Å². The van der Waals surface area contributed by atoms with E-state index < -0.39 is 32.5 Å². The maximum absolute atomic E-state index is 12.4.